The zero-order chi connectivity index (χ0) is 21.2. The van der Waals surface area contributed by atoms with E-state index in [0.29, 0.717) is 23.9 Å². The van der Waals surface area contributed by atoms with Crippen LogP contribution < -0.4 is 20.9 Å². The summed E-state index contributed by atoms with van der Waals surface area (Å²) >= 11 is 0. The summed E-state index contributed by atoms with van der Waals surface area (Å²) in [7, 11) is 0. The van der Waals surface area contributed by atoms with Crippen molar-refractivity contribution in [2.24, 2.45) is 11.8 Å². The maximum Gasteiger partial charge on any atom is 0.245 e. The van der Waals surface area contributed by atoms with Gasteiger partial charge in [0.15, 0.2) is 0 Å². The van der Waals surface area contributed by atoms with E-state index in [1.165, 1.54) is 11.6 Å². The number of nitrogens with zero attached hydrogens (tertiary/aromatic N) is 1. The third-order valence-corrected chi connectivity index (χ3v) is 6.95. The summed E-state index contributed by atoms with van der Waals surface area (Å²) < 4.78 is 5.96. The van der Waals surface area contributed by atoms with Gasteiger partial charge in [-0.15, -0.1) is 0 Å². The smallest absolute Gasteiger partial charge is 0.245 e. The quantitative estimate of drug-likeness (QED) is 0.652. The van der Waals surface area contributed by atoms with Gasteiger partial charge in [-0.05, 0) is 60.6 Å². The maximum atomic E-state index is 12.0. The second-order valence-corrected chi connectivity index (χ2v) is 8.82. The number of hydrazine groups is 1. The van der Waals surface area contributed by atoms with Crippen LogP contribution in [0.2, 0.25) is 0 Å². The molecule has 0 aliphatic carbocycles. The molecule has 2 aromatic carbocycles. The van der Waals surface area contributed by atoms with Crippen molar-refractivity contribution in [2.75, 3.05) is 19.6 Å². The molecule has 0 saturated carbocycles. The highest BCUT2D eigenvalue weighted by molar-refractivity contribution is 5.87. The minimum atomic E-state index is 0.0472. The van der Waals surface area contributed by atoms with Gasteiger partial charge in [0.05, 0.1) is 0 Å². The lowest BCUT2D eigenvalue weighted by Crippen LogP contribution is -2.54. The van der Waals surface area contributed by atoms with Crippen molar-refractivity contribution < 1.29 is 9.53 Å². The predicted octanol–water partition coefficient (Wildman–Crippen LogP) is 3.01. The van der Waals surface area contributed by atoms with E-state index >= 15 is 0 Å². The number of benzene rings is 2. The summed E-state index contributed by atoms with van der Waals surface area (Å²) in [5.74, 6) is 2.78. The molecule has 6 heteroatoms. The van der Waals surface area contributed by atoms with Crippen LogP contribution in [-0.4, -0.2) is 42.5 Å². The summed E-state index contributed by atoms with van der Waals surface area (Å²) in [6.07, 6.45) is 3.60. The molecule has 0 bridgehead atoms. The molecule has 2 aromatic rings. The van der Waals surface area contributed by atoms with E-state index in [4.69, 9.17) is 4.74 Å². The van der Waals surface area contributed by atoms with Crippen LogP contribution in [-0.2, 0) is 4.79 Å². The first-order valence-electron chi connectivity index (χ1n) is 11.2. The number of likely N-dealkylation sites (tertiary alicyclic amines) is 1. The molecule has 6 nitrogen and oxygen atoms in total. The van der Waals surface area contributed by atoms with E-state index < -0.39 is 0 Å². The topological polar surface area (TPSA) is 65.6 Å². The Bertz CT molecular complexity index is 917. The van der Waals surface area contributed by atoms with Crippen molar-refractivity contribution >= 4 is 5.91 Å². The SMILES string of the molecule is C=CC(=O)N1CC[C@H](C2CC3CNNC3C(c3ccc(Oc4ccccc4)cc3)N2)C1. The molecular formula is C25H30N4O2. The van der Waals surface area contributed by atoms with Crippen LogP contribution in [0.4, 0.5) is 0 Å². The molecule has 162 valence electrons. The van der Waals surface area contributed by atoms with Crippen LogP contribution in [0.5, 0.6) is 11.5 Å². The van der Waals surface area contributed by atoms with Crippen molar-refractivity contribution in [1.82, 2.24) is 21.1 Å². The van der Waals surface area contributed by atoms with Crippen molar-refractivity contribution in [2.45, 2.75) is 31.0 Å². The van der Waals surface area contributed by atoms with E-state index in [9.17, 15) is 4.79 Å². The molecule has 3 N–H and O–H groups in total. The van der Waals surface area contributed by atoms with Crippen LogP contribution in [0.15, 0.2) is 67.3 Å². The number of para-hydroxylation sites is 1. The lowest BCUT2D eigenvalue weighted by Gasteiger charge is -2.41. The highest BCUT2D eigenvalue weighted by Crippen LogP contribution is 2.37. The van der Waals surface area contributed by atoms with Gasteiger partial charge in [-0.3, -0.25) is 15.6 Å². The lowest BCUT2D eigenvalue weighted by molar-refractivity contribution is -0.125. The Labute approximate surface area is 183 Å². The van der Waals surface area contributed by atoms with Gasteiger partial charge in [-0.2, -0.15) is 0 Å². The summed E-state index contributed by atoms with van der Waals surface area (Å²) in [6.45, 7) is 6.27. The van der Waals surface area contributed by atoms with Gasteiger partial charge < -0.3 is 15.0 Å². The van der Waals surface area contributed by atoms with Crippen molar-refractivity contribution in [3.8, 4) is 11.5 Å². The Kier molecular flexibility index (Phi) is 5.76. The first-order valence-corrected chi connectivity index (χ1v) is 11.2. The number of carbonyl (C=O) groups is 1. The molecule has 31 heavy (non-hydrogen) atoms. The highest BCUT2D eigenvalue weighted by Gasteiger charge is 2.44. The Morgan fingerprint density at radius 3 is 2.61 bits per heavy atom. The molecule has 1 amide bonds. The molecule has 3 heterocycles. The standard InChI is InChI=1S/C25H30N4O2/c1-2-23(30)29-13-12-18(16-29)22-14-19-15-26-28-25(19)24(27-22)17-8-10-21(11-9-17)31-20-6-4-3-5-7-20/h2-11,18-19,22,24-28H,1,12-16H2/t18-,19?,22?,24?,25?/m0/s1. The van der Waals surface area contributed by atoms with Gasteiger partial charge in [-0.1, -0.05) is 36.9 Å². The fourth-order valence-corrected chi connectivity index (χ4v) is 5.31. The molecule has 3 aliphatic heterocycles. The number of rotatable bonds is 5. The number of hydrogen-bond acceptors (Lipinski definition) is 5. The molecule has 3 aliphatic rings. The van der Waals surface area contributed by atoms with Crippen LogP contribution in [0.1, 0.15) is 24.4 Å². The molecule has 0 radical (unpaired) electrons. The van der Waals surface area contributed by atoms with Gasteiger partial charge in [-0.25, -0.2) is 0 Å². The van der Waals surface area contributed by atoms with Crippen molar-refractivity contribution in [1.29, 1.82) is 0 Å². The van der Waals surface area contributed by atoms with Crippen LogP contribution in [0, 0.1) is 11.8 Å². The Balaban J connectivity index is 1.30. The van der Waals surface area contributed by atoms with Crippen LogP contribution in [0.25, 0.3) is 0 Å². The number of hydrogen-bond donors (Lipinski definition) is 3. The summed E-state index contributed by atoms with van der Waals surface area (Å²) in [5.41, 5.74) is 8.11. The lowest BCUT2D eigenvalue weighted by atomic mass is 9.78. The number of nitrogens with one attached hydrogen (secondary N) is 3. The fraction of sp³-hybridized carbons (Fsp3) is 0.400. The van der Waals surface area contributed by atoms with Gasteiger partial charge in [0.2, 0.25) is 5.91 Å². The number of carbonyl (C=O) groups excluding carboxylic acids is 1. The molecule has 5 rings (SSSR count). The Morgan fingerprint density at radius 2 is 1.84 bits per heavy atom. The van der Waals surface area contributed by atoms with E-state index in [1.54, 1.807) is 0 Å². The average molecular weight is 419 g/mol. The minimum Gasteiger partial charge on any atom is -0.457 e. The monoisotopic (exact) mass is 418 g/mol. The van der Waals surface area contributed by atoms with E-state index in [2.05, 4.69) is 34.9 Å². The van der Waals surface area contributed by atoms with E-state index in [0.717, 1.165) is 44.0 Å². The largest absolute Gasteiger partial charge is 0.457 e. The maximum absolute atomic E-state index is 12.0. The summed E-state index contributed by atoms with van der Waals surface area (Å²) in [4.78, 5) is 14.0. The predicted molar refractivity (Wildman–Crippen MR) is 121 cm³/mol. The normalized spacial score (nSPS) is 30.1. The molecule has 5 atom stereocenters. The van der Waals surface area contributed by atoms with E-state index in [1.807, 2.05) is 47.4 Å². The average Bonchev–Trinajstić information content (AvgIpc) is 3.49. The van der Waals surface area contributed by atoms with E-state index in [-0.39, 0.29) is 11.9 Å². The number of amides is 1. The third-order valence-electron chi connectivity index (χ3n) is 6.95. The number of piperidine rings is 1. The molecular weight excluding hydrogens is 388 g/mol. The third kappa shape index (κ3) is 4.24. The summed E-state index contributed by atoms with van der Waals surface area (Å²) in [6, 6.07) is 19.2. The van der Waals surface area contributed by atoms with Gasteiger partial charge >= 0.3 is 0 Å². The van der Waals surface area contributed by atoms with Crippen molar-refractivity contribution in [3.05, 3.63) is 72.8 Å². The van der Waals surface area contributed by atoms with Gasteiger partial charge in [0.25, 0.3) is 0 Å². The fourth-order valence-electron chi connectivity index (χ4n) is 5.31. The summed E-state index contributed by atoms with van der Waals surface area (Å²) in [5, 5.41) is 3.92. The zero-order valence-corrected chi connectivity index (χ0v) is 17.7. The van der Waals surface area contributed by atoms with Crippen LogP contribution >= 0.6 is 0 Å². The second-order valence-electron chi connectivity index (χ2n) is 8.82. The second kappa shape index (κ2) is 8.83. The molecule has 4 unspecified atom stereocenters. The Morgan fingerprint density at radius 1 is 1.06 bits per heavy atom. The molecule has 3 saturated heterocycles. The van der Waals surface area contributed by atoms with Crippen molar-refractivity contribution in [3.63, 3.8) is 0 Å². The highest BCUT2D eigenvalue weighted by atomic mass is 16.5. The van der Waals surface area contributed by atoms with Crippen LogP contribution in [0.3, 0.4) is 0 Å². The van der Waals surface area contributed by atoms with Gasteiger partial charge in [0, 0.05) is 37.8 Å². The number of ether oxygens (including phenoxy) is 1. The minimum absolute atomic E-state index is 0.0472. The first-order chi connectivity index (χ1) is 15.2. The zero-order valence-electron chi connectivity index (χ0n) is 17.7. The Hall–Kier alpha value is -2.67. The van der Waals surface area contributed by atoms with Gasteiger partial charge in [0.1, 0.15) is 11.5 Å². The number of fused-ring (bicyclic) bond motifs is 1. The first kappa shape index (κ1) is 20.2. The molecule has 3 fully saturated rings. The molecule has 0 aromatic heterocycles. The molecule has 0 spiro atoms.